The van der Waals surface area contributed by atoms with Crippen LogP contribution in [0.2, 0.25) is 0 Å². The molecule has 0 unspecified atom stereocenters. The van der Waals surface area contributed by atoms with E-state index in [1.165, 1.54) is 4.31 Å². The van der Waals surface area contributed by atoms with Crippen LogP contribution in [0, 0.1) is 0 Å². The molecule has 0 saturated carbocycles. The van der Waals surface area contributed by atoms with Crippen molar-refractivity contribution in [1.29, 1.82) is 0 Å². The van der Waals surface area contributed by atoms with Crippen LogP contribution in [0.5, 0.6) is 0 Å². The first kappa shape index (κ1) is 19.1. The summed E-state index contributed by atoms with van der Waals surface area (Å²) in [7, 11) is -3.98. The number of carbonyl (C=O) groups is 1. The largest absolute Gasteiger partial charge is 0.446 e. The summed E-state index contributed by atoms with van der Waals surface area (Å²) in [6.07, 6.45) is -0.240. The van der Waals surface area contributed by atoms with Gasteiger partial charge in [-0.2, -0.15) is 12.7 Å². The van der Waals surface area contributed by atoms with Crippen molar-refractivity contribution in [2.75, 3.05) is 13.1 Å². The van der Waals surface area contributed by atoms with Crippen LogP contribution in [0.25, 0.3) is 0 Å². The maximum absolute atomic E-state index is 12.3. The summed E-state index contributed by atoms with van der Waals surface area (Å²) in [6.45, 7) is 9.17. The van der Waals surface area contributed by atoms with Crippen molar-refractivity contribution in [3.8, 4) is 0 Å². The average Bonchev–Trinajstić information content (AvgIpc) is 2.33. The molecule has 0 spiro atoms. The third-order valence-corrected chi connectivity index (χ3v) is 5.01. The molecular weight excluding hydrogens is 282 g/mol. The van der Waals surface area contributed by atoms with E-state index in [0.717, 1.165) is 0 Å². The summed E-state index contributed by atoms with van der Waals surface area (Å²) in [5.74, 6) is 0. The second-order valence-electron chi connectivity index (χ2n) is 4.86. The first-order valence-electron chi connectivity index (χ1n) is 6.90. The summed E-state index contributed by atoms with van der Waals surface area (Å²) in [6, 6.07) is 0. The van der Waals surface area contributed by atoms with Gasteiger partial charge >= 0.3 is 16.3 Å². The summed E-state index contributed by atoms with van der Waals surface area (Å²) >= 11 is 0. The van der Waals surface area contributed by atoms with Crippen molar-refractivity contribution in [1.82, 2.24) is 9.03 Å². The molecule has 0 heterocycles. The van der Waals surface area contributed by atoms with Gasteiger partial charge in [-0.25, -0.2) is 9.52 Å². The number of ether oxygens (including phenoxy) is 1. The number of nitrogens with one attached hydrogen (secondary N) is 1. The molecule has 20 heavy (non-hydrogen) atoms. The highest BCUT2D eigenvalue weighted by atomic mass is 32.2. The Hall–Kier alpha value is -0.860. The van der Waals surface area contributed by atoms with E-state index >= 15 is 0 Å². The van der Waals surface area contributed by atoms with Gasteiger partial charge in [0.25, 0.3) is 0 Å². The van der Waals surface area contributed by atoms with Gasteiger partial charge in [-0.05, 0) is 26.7 Å². The standard InChI is InChI=1S/C12H27N3O4S/c1-6-12(7-2,9-13)15(8-3)20(17,18)14-11(16)19-10(4)5/h10H,6-9,13H2,1-5H3,(H,14,16). The number of amides is 1. The van der Waals surface area contributed by atoms with Gasteiger partial charge in [0.1, 0.15) is 0 Å². The van der Waals surface area contributed by atoms with Gasteiger partial charge in [-0.1, -0.05) is 20.8 Å². The van der Waals surface area contributed by atoms with Crippen molar-refractivity contribution in [2.45, 2.75) is 59.1 Å². The molecule has 0 fully saturated rings. The van der Waals surface area contributed by atoms with E-state index < -0.39 is 27.9 Å². The van der Waals surface area contributed by atoms with E-state index in [1.54, 1.807) is 20.8 Å². The van der Waals surface area contributed by atoms with Crippen LogP contribution in [0.1, 0.15) is 47.5 Å². The first-order valence-corrected chi connectivity index (χ1v) is 8.34. The van der Waals surface area contributed by atoms with Crippen LogP contribution in [0.15, 0.2) is 0 Å². The predicted octanol–water partition coefficient (Wildman–Crippen LogP) is 1.21. The Balaban J connectivity index is 5.26. The van der Waals surface area contributed by atoms with Crippen LogP contribution in [0.4, 0.5) is 4.79 Å². The zero-order valence-corrected chi connectivity index (χ0v) is 13.8. The molecule has 0 aliphatic rings. The molecule has 0 aliphatic heterocycles. The molecule has 7 nitrogen and oxygen atoms in total. The summed E-state index contributed by atoms with van der Waals surface area (Å²) in [5, 5.41) is 0. The zero-order valence-electron chi connectivity index (χ0n) is 13.0. The van der Waals surface area contributed by atoms with Crippen molar-refractivity contribution in [3.63, 3.8) is 0 Å². The van der Waals surface area contributed by atoms with Crippen LogP contribution in [-0.4, -0.2) is 43.5 Å². The van der Waals surface area contributed by atoms with Gasteiger partial charge in [0.2, 0.25) is 0 Å². The van der Waals surface area contributed by atoms with Crippen LogP contribution >= 0.6 is 0 Å². The minimum Gasteiger partial charge on any atom is -0.446 e. The fourth-order valence-electron chi connectivity index (χ4n) is 2.15. The third-order valence-electron chi connectivity index (χ3n) is 3.36. The van der Waals surface area contributed by atoms with Crippen LogP contribution in [-0.2, 0) is 14.9 Å². The fourth-order valence-corrected chi connectivity index (χ4v) is 3.70. The predicted molar refractivity (Wildman–Crippen MR) is 78.4 cm³/mol. The molecule has 1 amide bonds. The molecule has 0 atom stereocenters. The number of rotatable bonds is 8. The SMILES string of the molecule is CCN(C(CC)(CC)CN)S(=O)(=O)NC(=O)OC(C)C. The molecule has 0 aromatic rings. The highest BCUT2D eigenvalue weighted by molar-refractivity contribution is 7.87. The number of hydrogen-bond donors (Lipinski definition) is 2. The van der Waals surface area contributed by atoms with Crippen LogP contribution in [0.3, 0.4) is 0 Å². The van der Waals surface area contributed by atoms with E-state index in [-0.39, 0.29) is 13.1 Å². The van der Waals surface area contributed by atoms with Gasteiger partial charge in [0.15, 0.2) is 0 Å². The molecule has 3 N–H and O–H groups in total. The summed E-state index contributed by atoms with van der Waals surface area (Å²) in [5.41, 5.74) is 5.07. The van der Waals surface area contributed by atoms with E-state index in [9.17, 15) is 13.2 Å². The number of nitrogens with two attached hydrogens (primary N) is 1. The molecule has 120 valence electrons. The third kappa shape index (κ3) is 4.60. The lowest BCUT2D eigenvalue weighted by Crippen LogP contribution is -2.59. The van der Waals surface area contributed by atoms with E-state index in [1.807, 2.05) is 18.6 Å². The monoisotopic (exact) mass is 309 g/mol. The zero-order chi connectivity index (χ0) is 16.0. The summed E-state index contributed by atoms with van der Waals surface area (Å²) in [4.78, 5) is 11.5. The van der Waals surface area contributed by atoms with Gasteiger partial charge in [-0.3, -0.25) is 0 Å². The fraction of sp³-hybridized carbons (Fsp3) is 0.917. The van der Waals surface area contributed by atoms with Crippen molar-refractivity contribution in [3.05, 3.63) is 0 Å². The Labute approximate surface area is 122 Å². The van der Waals surface area contributed by atoms with Gasteiger partial charge < -0.3 is 10.5 Å². The average molecular weight is 309 g/mol. The van der Waals surface area contributed by atoms with Gasteiger partial charge in [0, 0.05) is 18.6 Å². The minimum absolute atomic E-state index is 0.188. The van der Waals surface area contributed by atoms with Crippen molar-refractivity contribution < 1.29 is 17.9 Å². The lowest BCUT2D eigenvalue weighted by atomic mass is 9.93. The van der Waals surface area contributed by atoms with Crippen molar-refractivity contribution in [2.24, 2.45) is 5.73 Å². The Morgan fingerprint density at radius 1 is 1.30 bits per heavy atom. The van der Waals surface area contributed by atoms with Gasteiger partial charge in [-0.15, -0.1) is 0 Å². The van der Waals surface area contributed by atoms with E-state index in [2.05, 4.69) is 0 Å². The van der Waals surface area contributed by atoms with Crippen molar-refractivity contribution >= 4 is 16.3 Å². The lowest BCUT2D eigenvalue weighted by Gasteiger charge is -2.40. The Morgan fingerprint density at radius 2 is 1.80 bits per heavy atom. The molecule has 0 radical (unpaired) electrons. The number of carbonyl (C=O) groups excluding carboxylic acids is 1. The topological polar surface area (TPSA) is 102 Å². The maximum atomic E-state index is 12.3. The summed E-state index contributed by atoms with van der Waals surface area (Å²) < 4.78 is 32.6. The van der Waals surface area contributed by atoms with Crippen LogP contribution < -0.4 is 10.5 Å². The highest BCUT2D eigenvalue weighted by Crippen LogP contribution is 2.25. The Bertz CT molecular complexity index is 397. The Kier molecular flexibility index (Phi) is 7.46. The highest BCUT2D eigenvalue weighted by Gasteiger charge is 2.40. The molecule has 0 saturated heterocycles. The number of likely N-dealkylation sites (N-methyl/N-ethyl adjacent to an activating group) is 1. The van der Waals surface area contributed by atoms with E-state index in [4.69, 9.17) is 10.5 Å². The quantitative estimate of drug-likeness (QED) is 0.701. The molecular formula is C12H27N3O4S. The lowest BCUT2D eigenvalue weighted by molar-refractivity contribution is 0.119. The normalized spacial score (nSPS) is 12.8. The second kappa shape index (κ2) is 7.80. The number of nitrogens with zero attached hydrogens (tertiary/aromatic N) is 1. The molecule has 0 rings (SSSR count). The number of hydrogen-bond acceptors (Lipinski definition) is 5. The molecule has 0 bridgehead atoms. The molecule has 8 heteroatoms. The Morgan fingerprint density at radius 3 is 2.10 bits per heavy atom. The molecule has 0 aliphatic carbocycles. The smallest absolute Gasteiger partial charge is 0.422 e. The minimum atomic E-state index is -3.98. The second-order valence-corrected chi connectivity index (χ2v) is 6.46. The first-order chi connectivity index (χ1) is 9.19. The van der Waals surface area contributed by atoms with E-state index in [0.29, 0.717) is 12.8 Å². The molecule has 0 aromatic carbocycles. The molecule has 0 aromatic heterocycles. The van der Waals surface area contributed by atoms with Gasteiger partial charge in [0.05, 0.1) is 6.10 Å². The maximum Gasteiger partial charge on any atom is 0.422 e.